The van der Waals surface area contributed by atoms with Crippen LogP contribution in [0.5, 0.6) is 5.75 Å². The fourth-order valence-corrected chi connectivity index (χ4v) is 3.38. The molecular formula is C22H23NO5. The third kappa shape index (κ3) is 3.64. The average Bonchev–Trinajstić information content (AvgIpc) is 2.92. The highest BCUT2D eigenvalue weighted by molar-refractivity contribution is 6.46. The number of ketones is 1. The second-order valence-corrected chi connectivity index (χ2v) is 6.94. The maximum atomic E-state index is 12.8. The molecule has 1 aliphatic heterocycles. The van der Waals surface area contributed by atoms with Crippen LogP contribution in [-0.2, 0) is 9.59 Å². The Kier molecular flexibility index (Phi) is 5.51. The maximum absolute atomic E-state index is 12.8. The highest BCUT2D eigenvalue weighted by Gasteiger charge is 2.46. The van der Waals surface area contributed by atoms with Gasteiger partial charge in [0.1, 0.15) is 11.5 Å². The Morgan fingerprint density at radius 1 is 1.18 bits per heavy atom. The molecule has 6 heteroatoms. The minimum absolute atomic E-state index is 0.00255. The summed E-state index contributed by atoms with van der Waals surface area (Å²) in [5.41, 5.74) is 2.08. The van der Waals surface area contributed by atoms with Gasteiger partial charge in [-0.2, -0.15) is 0 Å². The van der Waals surface area contributed by atoms with Crippen molar-refractivity contribution in [1.82, 2.24) is 4.90 Å². The quantitative estimate of drug-likeness (QED) is 0.472. The van der Waals surface area contributed by atoms with Crippen LogP contribution in [0, 0.1) is 6.92 Å². The first kappa shape index (κ1) is 19.6. The van der Waals surface area contributed by atoms with E-state index in [1.54, 1.807) is 43.3 Å². The Morgan fingerprint density at radius 3 is 2.46 bits per heavy atom. The summed E-state index contributed by atoms with van der Waals surface area (Å²) < 4.78 is 5.26. The van der Waals surface area contributed by atoms with Gasteiger partial charge in [0.15, 0.2) is 0 Å². The molecule has 1 saturated heterocycles. The molecule has 2 aromatic rings. The Labute approximate surface area is 163 Å². The highest BCUT2D eigenvalue weighted by Crippen LogP contribution is 2.40. The van der Waals surface area contributed by atoms with Crippen molar-refractivity contribution in [2.24, 2.45) is 0 Å². The molecular weight excluding hydrogens is 358 g/mol. The van der Waals surface area contributed by atoms with E-state index in [9.17, 15) is 19.8 Å². The fourth-order valence-electron chi connectivity index (χ4n) is 3.38. The van der Waals surface area contributed by atoms with Gasteiger partial charge in [-0.3, -0.25) is 9.59 Å². The van der Waals surface area contributed by atoms with Gasteiger partial charge in [-0.15, -0.1) is 0 Å². The molecule has 0 unspecified atom stereocenters. The topological polar surface area (TPSA) is 87.1 Å². The van der Waals surface area contributed by atoms with E-state index in [1.165, 1.54) is 12.0 Å². The summed E-state index contributed by atoms with van der Waals surface area (Å²) in [7, 11) is 1.53. The molecule has 0 spiro atoms. The number of benzene rings is 2. The van der Waals surface area contributed by atoms with Crippen LogP contribution >= 0.6 is 0 Å². The standard InChI is InChI=1S/C22H23NO5/c1-13-7-9-15(10-8-13)20(25)18-19(16-5-4-6-17(11-16)28-3)23(12-14(2)24)22(27)21(18)26/h4-11,14,19,24-25H,12H2,1-3H3/t14-,19-/m1/s1. The van der Waals surface area contributed by atoms with Crippen LogP contribution in [0.3, 0.4) is 0 Å². The molecule has 6 nitrogen and oxygen atoms in total. The molecule has 0 radical (unpaired) electrons. The summed E-state index contributed by atoms with van der Waals surface area (Å²) in [6, 6.07) is 13.2. The number of hydrogen-bond donors (Lipinski definition) is 2. The zero-order chi connectivity index (χ0) is 20.4. The summed E-state index contributed by atoms with van der Waals surface area (Å²) in [6.07, 6.45) is -0.828. The predicted molar refractivity (Wildman–Crippen MR) is 105 cm³/mol. The summed E-state index contributed by atoms with van der Waals surface area (Å²) in [6.45, 7) is 3.43. The normalized spacial score (nSPS) is 19.7. The van der Waals surface area contributed by atoms with Crippen LogP contribution in [0.4, 0.5) is 0 Å². The van der Waals surface area contributed by atoms with E-state index in [0.717, 1.165) is 5.56 Å². The van der Waals surface area contributed by atoms with E-state index in [-0.39, 0.29) is 17.9 Å². The van der Waals surface area contributed by atoms with Gasteiger partial charge in [0.2, 0.25) is 0 Å². The lowest BCUT2D eigenvalue weighted by Crippen LogP contribution is -2.35. The Hall–Kier alpha value is -3.12. The molecule has 1 heterocycles. The number of amides is 1. The molecule has 28 heavy (non-hydrogen) atoms. The van der Waals surface area contributed by atoms with E-state index >= 15 is 0 Å². The molecule has 0 bridgehead atoms. The SMILES string of the molecule is COc1cccc([C@@H]2C(=C(O)c3ccc(C)cc3)C(=O)C(=O)N2C[C@@H](C)O)c1. The number of likely N-dealkylation sites (tertiary alicyclic amines) is 1. The van der Waals surface area contributed by atoms with Gasteiger partial charge < -0.3 is 19.8 Å². The number of carbonyl (C=O) groups is 2. The van der Waals surface area contributed by atoms with Crippen LogP contribution in [0.2, 0.25) is 0 Å². The van der Waals surface area contributed by atoms with E-state index < -0.39 is 23.8 Å². The first-order valence-corrected chi connectivity index (χ1v) is 9.01. The zero-order valence-electron chi connectivity index (χ0n) is 16.0. The average molecular weight is 381 g/mol. The number of carbonyl (C=O) groups excluding carboxylic acids is 2. The van der Waals surface area contributed by atoms with Crippen LogP contribution in [-0.4, -0.2) is 46.6 Å². The number of rotatable bonds is 5. The van der Waals surface area contributed by atoms with Gasteiger partial charge in [-0.05, 0) is 31.5 Å². The zero-order valence-corrected chi connectivity index (χ0v) is 16.0. The van der Waals surface area contributed by atoms with Crippen molar-refractivity contribution in [1.29, 1.82) is 0 Å². The number of ether oxygens (including phenoxy) is 1. The molecule has 1 amide bonds. The van der Waals surface area contributed by atoms with Gasteiger partial charge in [-0.25, -0.2) is 0 Å². The van der Waals surface area contributed by atoms with Crippen molar-refractivity contribution in [3.05, 3.63) is 70.8 Å². The minimum Gasteiger partial charge on any atom is -0.507 e. The van der Waals surface area contributed by atoms with Crippen molar-refractivity contribution in [3.63, 3.8) is 0 Å². The second-order valence-electron chi connectivity index (χ2n) is 6.94. The first-order valence-electron chi connectivity index (χ1n) is 9.01. The lowest BCUT2D eigenvalue weighted by molar-refractivity contribution is -0.140. The minimum atomic E-state index is -0.828. The maximum Gasteiger partial charge on any atom is 0.295 e. The van der Waals surface area contributed by atoms with Crippen LogP contribution in [0.25, 0.3) is 5.76 Å². The molecule has 0 aliphatic carbocycles. The van der Waals surface area contributed by atoms with Crippen LogP contribution < -0.4 is 4.74 Å². The molecule has 3 rings (SSSR count). The van der Waals surface area contributed by atoms with Crippen LogP contribution in [0.1, 0.15) is 29.7 Å². The molecule has 1 aliphatic rings. The number of methoxy groups -OCH3 is 1. The van der Waals surface area contributed by atoms with Gasteiger partial charge in [-0.1, -0.05) is 42.0 Å². The largest absolute Gasteiger partial charge is 0.507 e. The highest BCUT2D eigenvalue weighted by atomic mass is 16.5. The Bertz CT molecular complexity index is 930. The van der Waals surface area contributed by atoms with Crippen molar-refractivity contribution < 1.29 is 24.5 Å². The van der Waals surface area contributed by atoms with Gasteiger partial charge in [0, 0.05) is 12.1 Å². The Morgan fingerprint density at radius 2 is 1.86 bits per heavy atom. The number of nitrogens with zero attached hydrogens (tertiary/aromatic N) is 1. The number of aliphatic hydroxyl groups is 2. The lowest BCUT2D eigenvalue weighted by Gasteiger charge is -2.26. The number of aliphatic hydroxyl groups excluding tert-OH is 2. The van der Waals surface area contributed by atoms with Crippen molar-refractivity contribution in [3.8, 4) is 5.75 Å². The molecule has 1 fully saturated rings. The Balaban J connectivity index is 2.19. The number of hydrogen-bond acceptors (Lipinski definition) is 5. The molecule has 146 valence electrons. The van der Waals surface area contributed by atoms with Crippen LogP contribution in [0.15, 0.2) is 54.1 Å². The molecule has 2 atom stereocenters. The molecule has 0 saturated carbocycles. The summed E-state index contributed by atoms with van der Waals surface area (Å²) in [5, 5.41) is 20.7. The predicted octanol–water partition coefficient (Wildman–Crippen LogP) is 2.81. The first-order chi connectivity index (χ1) is 13.3. The number of aryl methyl sites for hydroxylation is 1. The molecule has 0 aromatic heterocycles. The number of β-amino-alcohol motifs (C(OH)–C–C–N with tert-alkyl or cyclic N) is 1. The third-order valence-corrected chi connectivity index (χ3v) is 4.74. The van der Waals surface area contributed by atoms with E-state index in [4.69, 9.17) is 4.74 Å². The van der Waals surface area contributed by atoms with Crippen molar-refractivity contribution in [2.45, 2.75) is 26.0 Å². The van der Waals surface area contributed by atoms with Crippen molar-refractivity contribution in [2.75, 3.05) is 13.7 Å². The summed E-state index contributed by atoms with van der Waals surface area (Å²) in [5.74, 6) is -1.19. The lowest BCUT2D eigenvalue weighted by atomic mass is 9.95. The molecule has 2 aromatic carbocycles. The van der Waals surface area contributed by atoms with Gasteiger partial charge in [0.05, 0.1) is 24.8 Å². The second kappa shape index (κ2) is 7.86. The van der Waals surface area contributed by atoms with Gasteiger partial charge >= 0.3 is 0 Å². The monoisotopic (exact) mass is 381 g/mol. The van der Waals surface area contributed by atoms with E-state index in [0.29, 0.717) is 16.9 Å². The van der Waals surface area contributed by atoms with Gasteiger partial charge in [0.25, 0.3) is 11.7 Å². The third-order valence-electron chi connectivity index (χ3n) is 4.74. The van der Waals surface area contributed by atoms with E-state index in [1.807, 2.05) is 19.1 Å². The fraction of sp³-hybridized carbons (Fsp3) is 0.273. The van der Waals surface area contributed by atoms with E-state index in [2.05, 4.69) is 0 Å². The molecule has 2 N–H and O–H groups in total. The summed E-state index contributed by atoms with van der Waals surface area (Å²) in [4.78, 5) is 26.8. The van der Waals surface area contributed by atoms with Crippen molar-refractivity contribution >= 4 is 17.4 Å². The summed E-state index contributed by atoms with van der Waals surface area (Å²) >= 11 is 0. The number of Topliss-reactive ketones (excluding diaryl/α,β-unsaturated/α-hetero) is 1. The smallest absolute Gasteiger partial charge is 0.295 e.